The van der Waals surface area contributed by atoms with E-state index in [1.54, 1.807) is 6.26 Å². The van der Waals surface area contributed by atoms with Crippen molar-refractivity contribution in [3.63, 3.8) is 0 Å². The third-order valence-electron chi connectivity index (χ3n) is 3.89. The minimum Gasteiger partial charge on any atom is -0.469 e. The van der Waals surface area contributed by atoms with Gasteiger partial charge in [-0.3, -0.25) is 9.36 Å². The summed E-state index contributed by atoms with van der Waals surface area (Å²) in [6.45, 7) is 2.82. The van der Waals surface area contributed by atoms with E-state index >= 15 is 0 Å². The number of hydrogen-bond acceptors (Lipinski definition) is 6. The van der Waals surface area contributed by atoms with Gasteiger partial charge in [0, 0.05) is 6.54 Å². The fourth-order valence-corrected chi connectivity index (χ4v) is 3.33. The molecule has 0 unspecified atom stereocenters. The molecule has 0 atom stereocenters. The van der Waals surface area contributed by atoms with E-state index in [1.807, 2.05) is 54.0 Å². The third kappa shape index (κ3) is 4.77. The molecule has 0 bridgehead atoms. The van der Waals surface area contributed by atoms with Crippen LogP contribution in [-0.4, -0.2) is 33.0 Å². The zero-order valence-corrected chi connectivity index (χ0v) is 15.7. The molecular formula is C19H19N5O2S. The van der Waals surface area contributed by atoms with Crippen molar-refractivity contribution in [2.24, 2.45) is 0 Å². The Bertz CT molecular complexity index is 943. The van der Waals surface area contributed by atoms with E-state index in [2.05, 4.69) is 15.5 Å². The summed E-state index contributed by atoms with van der Waals surface area (Å²) < 4.78 is 7.39. The first-order chi connectivity index (χ1) is 13.2. The molecule has 0 aliphatic heterocycles. The predicted octanol–water partition coefficient (Wildman–Crippen LogP) is 3.02. The van der Waals surface area contributed by atoms with Crippen LogP contribution in [0.15, 0.2) is 52.2 Å². The second-order valence-corrected chi connectivity index (χ2v) is 6.76. The highest BCUT2D eigenvalue weighted by Crippen LogP contribution is 2.27. The summed E-state index contributed by atoms with van der Waals surface area (Å²) in [5.74, 6) is 1.55. The molecule has 1 aromatic carbocycles. The number of nitrogens with one attached hydrogen (secondary N) is 1. The zero-order chi connectivity index (χ0) is 19.1. The van der Waals surface area contributed by atoms with Gasteiger partial charge in [-0.15, -0.1) is 10.2 Å². The van der Waals surface area contributed by atoms with Crippen LogP contribution in [0.1, 0.15) is 17.7 Å². The third-order valence-corrected chi connectivity index (χ3v) is 4.86. The molecule has 0 radical (unpaired) electrons. The van der Waals surface area contributed by atoms with Crippen LogP contribution in [0, 0.1) is 18.3 Å². The standard InChI is InChI=1S/C19H19N5O2S/c1-14-16(8-11-26-14)18-22-23-19(27-13-17(25)21-10-5-9-20)24(18)12-15-6-3-2-4-7-15/h2-4,6-8,11H,5,10,12-13H2,1H3,(H,21,25). The van der Waals surface area contributed by atoms with Gasteiger partial charge in [0.05, 0.1) is 36.6 Å². The monoisotopic (exact) mass is 381 g/mol. The number of amides is 1. The van der Waals surface area contributed by atoms with E-state index in [9.17, 15) is 4.79 Å². The number of aryl methyl sites for hydroxylation is 1. The second-order valence-electron chi connectivity index (χ2n) is 5.82. The SMILES string of the molecule is Cc1occc1-c1nnc(SCC(=O)NCCC#N)n1Cc1ccccc1. The molecule has 3 rings (SSSR count). The van der Waals surface area contributed by atoms with Crippen LogP contribution in [0.4, 0.5) is 0 Å². The lowest BCUT2D eigenvalue weighted by Crippen LogP contribution is -2.26. The average Bonchev–Trinajstić information content (AvgIpc) is 3.27. The van der Waals surface area contributed by atoms with E-state index in [0.29, 0.717) is 30.5 Å². The Morgan fingerprint density at radius 1 is 1.30 bits per heavy atom. The number of furan rings is 1. The number of nitriles is 1. The largest absolute Gasteiger partial charge is 0.469 e. The van der Waals surface area contributed by atoms with Crippen LogP contribution >= 0.6 is 11.8 Å². The van der Waals surface area contributed by atoms with Crippen LogP contribution < -0.4 is 5.32 Å². The number of aromatic nitrogens is 3. The molecule has 138 valence electrons. The van der Waals surface area contributed by atoms with Crippen LogP contribution in [0.3, 0.4) is 0 Å². The van der Waals surface area contributed by atoms with Crippen LogP contribution in [0.5, 0.6) is 0 Å². The molecule has 0 spiro atoms. The number of hydrogen-bond donors (Lipinski definition) is 1. The van der Waals surface area contributed by atoms with E-state index in [1.165, 1.54) is 11.8 Å². The summed E-state index contributed by atoms with van der Waals surface area (Å²) in [6, 6.07) is 13.9. The minimum absolute atomic E-state index is 0.134. The Morgan fingerprint density at radius 3 is 2.81 bits per heavy atom. The van der Waals surface area contributed by atoms with Gasteiger partial charge in [0.1, 0.15) is 5.76 Å². The maximum absolute atomic E-state index is 11.9. The summed E-state index contributed by atoms with van der Waals surface area (Å²) in [5, 5.41) is 20.5. The van der Waals surface area contributed by atoms with Crippen molar-refractivity contribution in [2.45, 2.75) is 25.0 Å². The second kappa shape index (κ2) is 9.05. The molecule has 7 nitrogen and oxygen atoms in total. The van der Waals surface area contributed by atoms with Gasteiger partial charge in [0.25, 0.3) is 0 Å². The summed E-state index contributed by atoms with van der Waals surface area (Å²) in [6.07, 6.45) is 1.92. The van der Waals surface area contributed by atoms with Gasteiger partial charge in [0.2, 0.25) is 5.91 Å². The molecule has 2 heterocycles. The highest BCUT2D eigenvalue weighted by atomic mass is 32.2. The Balaban J connectivity index is 1.81. The molecule has 3 aromatic rings. The lowest BCUT2D eigenvalue weighted by molar-refractivity contribution is -0.118. The molecule has 8 heteroatoms. The van der Waals surface area contributed by atoms with Crippen molar-refractivity contribution in [3.05, 3.63) is 54.0 Å². The van der Waals surface area contributed by atoms with Crippen LogP contribution in [0.25, 0.3) is 11.4 Å². The molecule has 0 aliphatic carbocycles. The van der Waals surface area contributed by atoms with E-state index < -0.39 is 0 Å². The predicted molar refractivity (Wildman–Crippen MR) is 102 cm³/mol. The Hall–Kier alpha value is -3.05. The fraction of sp³-hybridized carbons (Fsp3) is 0.263. The summed E-state index contributed by atoms with van der Waals surface area (Å²) in [7, 11) is 0. The minimum atomic E-state index is -0.134. The van der Waals surface area contributed by atoms with E-state index in [0.717, 1.165) is 16.9 Å². The first-order valence-corrected chi connectivity index (χ1v) is 9.45. The van der Waals surface area contributed by atoms with Crippen molar-refractivity contribution >= 4 is 17.7 Å². The maximum Gasteiger partial charge on any atom is 0.230 e. The highest BCUT2D eigenvalue weighted by Gasteiger charge is 2.18. The number of nitrogens with zero attached hydrogens (tertiary/aromatic N) is 4. The van der Waals surface area contributed by atoms with Gasteiger partial charge in [0.15, 0.2) is 11.0 Å². The summed E-state index contributed by atoms with van der Waals surface area (Å²) in [5.41, 5.74) is 1.99. The van der Waals surface area contributed by atoms with Crippen molar-refractivity contribution < 1.29 is 9.21 Å². The van der Waals surface area contributed by atoms with Crippen molar-refractivity contribution in [3.8, 4) is 17.5 Å². The van der Waals surface area contributed by atoms with Gasteiger partial charge in [-0.25, -0.2) is 0 Å². The number of thioether (sulfide) groups is 1. The number of benzene rings is 1. The van der Waals surface area contributed by atoms with Gasteiger partial charge < -0.3 is 9.73 Å². The van der Waals surface area contributed by atoms with E-state index in [-0.39, 0.29) is 11.7 Å². The van der Waals surface area contributed by atoms with Gasteiger partial charge in [-0.2, -0.15) is 5.26 Å². The lowest BCUT2D eigenvalue weighted by Gasteiger charge is -2.10. The molecule has 27 heavy (non-hydrogen) atoms. The maximum atomic E-state index is 11.9. The molecule has 1 amide bonds. The van der Waals surface area contributed by atoms with Crippen LogP contribution in [0.2, 0.25) is 0 Å². The highest BCUT2D eigenvalue weighted by molar-refractivity contribution is 7.99. The first kappa shape index (κ1) is 18.7. The summed E-state index contributed by atoms with van der Waals surface area (Å²) in [4.78, 5) is 11.9. The molecule has 1 N–H and O–H groups in total. The van der Waals surface area contributed by atoms with Crippen LogP contribution in [-0.2, 0) is 11.3 Å². The van der Waals surface area contributed by atoms with Crippen molar-refractivity contribution in [1.82, 2.24) is 20.1 Å². The number of rotatable bonds is 8. The number of carbonyl (C=O) groups is 1. The molecule has 0 fully saturated rings. The molecule has 2 aromatic heterocycles. The molecule has 0 saturated heterocycles. The zero-order valence-electron chi connectivity index (χ0n) is 14.9. The topological polar surface area (TPSA) is 96.7 Å². The van der Waals surface area contributed by atoms with Crippen molar-refractivity contribution in [1.29, 1.82) is 5.26 Å². The van der Waals surface area contributed by atoms with Crippen molar-refractivity contribution in [2.75, 3.05) is 12.3 Å². The molecular weight excluding hydrogens is 362 g/mol. The normalized spacial score (nSPS) is 10.5. The van der Waals surface area contributed by atoms with Gasteiger partial charge >= 0.3 is 0 Å². The Morgan fingerprint density at radius 2 is 2.11 bits per heavy atom. The molecule has 0 aliphatic rings. The number of carbonyl (C=O) groups excluding carboxylic acids is 1. The fourth-order valence-electron chi connectivity index (χ4n) is 2.56. The smallest absolute Gasteiger partial charge is 0.230 e. The Labute approximate surface area is 161 Å². The molecule has 0 saturated carbocycles. The van der Waals surface area contributed by atoms with E-state index in [4.69, 9.17) is 9.68 Å². The average molecular weight is 381 g/mol. The lowest BCUT2D eigenvalue weighted by atomic mass is 10.2. The Kier molecular flexibility index (Phi) is 6.28. The van der Waals surface area contributed by atoms with Gasteiger partial charge in [-0.05, 0) is 18.6 Å². The summed E-state index contributed by atoms with van der Waals surface area (Å²) >= 11 is 1.32. The quantitative estimate of drug-likeness (QED) is 0.476. The first-order valence-electron chi connectivity index (χ1n) is 8.47. The van der Waals surface area contributed by atoms with Gasteiger partial charge in [-0.1, -0.05) is 42.1 Å².